The third kappa shape index (κ3) is 4.97. The van der Waals surface area contributed by atoms with Gasteiger partial charge in [-0.3, -0.25) is 14.8 Å². The third-order valence-electron chi connectivity index (χ3n) is 4.12. The fraction of sp³-hybridized carbons (Fsp3) is 0.500. The van der Waals surface area contributed by atoms with Crippen LogP contribution in [0.4, 0.5) is 5.95 Å². The van der Waals surface area contributed by atoms with Gasteiger partial charge in [0.05, 0.1) is 0 Å². The number of hydrogen-bond acceptors (Lipinski definition) is 6. The van der Waals surface area contributed by atoms with Crippen molar-refractivity contribution in [2.45, 2.75) is 33.0 Å². The molecule has 0 bridgehead atoms. The summed E-state index contributed by atoms with van der Waals surface area (Å²) >= 11 is 0. The largest absolute Gasteiger partial charge is 0.352 e. The molecule has 6 heteroatoms. The SMILES string of the molecule is CC(C)Nc1ncc(CN2CCN(Cc3cccnc3)CC2)cn1. The molecule has 0 amide bonds. The van der Waals surface area contributed by atoms with Crippen molar-refractivity contribution in [2.75, 3.05) is 31.5 Å². The topological polar surface area (TPSA) is 57.2 Å². The second-order valence-electron chi connectivity index (χ2n) is 6.63. The van der Waals surface area contributed by atoms with Gasteiger partial charge in [-0.05, 0) is 25.5 Å². The molecule has 1 fully saturated rings. The maximum atomic E-state index is 4.39. The molecule has 24 heavy (non-hydrogen) atoms. The molecule has 0 atom stereocenters. The van der Waals surface area contributed by atoms with Crippen molar-refractivity contribution < 1.29 is 0 Å². The Morgan fingerprint density at radius 1 is 0.958 bits per heavy atom. The summed E-state index contributed by atoms with van der Waals surface area (Å²) in [4.78, 5) is 17.9. The van der Waals surface area contributed by atoms with E-state index in [0.717, 1.165) is 39.3 Å². The summed E-state index contributed by atoms with van der Waals surface area (Å²) in [7, 11) is 0. The van der Waals surface area contributed by atoms with Crippen LogP contribution in [0.3, 0.4) is 0 Å². The smallest absolute Gasteiger partial charge is 0.222 e. The molecular formula is C18H26N6. The van der Waals surface area contributed by atoms with Gasteiger partial charge >= 0.3 is 0 Å². The van der Waals surface area contributed by atoms with E-state index in [1.807, 2.05) is 30.9 Å². The lowest BCUT2D eigenvalue weighted by molar-refractivity contribution is 0.122. The fourth-order valence-electron chi connectivity index (χ4n) is 2.88. The van der Waals surface area contributed by atoms with Crippen molar-refractivity contribution in [1.82, 2.24) is 24.8 Å². The van der Waals surface area contributed by atoms with Crippen LogP contribution in [0.5, 0.6) is 0 Å². The Morgan fingerprint density at radius 2 is 1.58 bits per heavy atom. The van der Waals surface area contributed by atoms with Gasteiger partial charge in [-0.15, -0.1) is 0 Å². The molecule has 0 unspecified atom stereocenters. The van der Waals surface area contributed by atoms with Gasteiger partial charge in [0.25, 0.3) is 0 Å². The monoisotopic (exact) mass is 326 g/mol. The highest BCUT2D eigenvalue weighted by Crippen LogP contribution is 2.11. The van der Waals surface area contributed by atoms with Gasteiger partial charge in [0.1, 0.15) is 0 Å². The number of anilines is 1. The zero-order valence-corrected chi connectivity index (χ0v) is 14.5. The minimum absolute atomic E-state index is 0.351. The maximum absolute atomic E-state index is 4.39. The Morgan fingerprint density at radius 3 is 2.12 bits per heavy atom. The number of nitrogens with zero attached hydrogens (tertiary/aromatic N) is 5. The van der Waals surface area contributed by atoms with Crippen molar-refractivity contribution in [3.05, 3.63) is 48.0 Å². The Kier molecular flexibility index (Phi) is 5.72. The van der Waals surface area contributed by atoms with E-state index >= 15 is 0 Å². The highest BCUT2D eigenvalue weighted by molar-refractivity contribution is 5.25. The number of rotatable bonds is 6. The van der Waals surface area contributed by atoms with Crippen molar-refractivity contribution >= 4 is 5.95 Å². The summed E-state index contributed by atoms with van der Waals surface area (Å²) in [6.45, 7) is 10.4. The first-order chi connectivity index (χ1) is 11.7. The van der Waals surface area contributed by atoms with Crippen LogP contribution in [-0.4, -0.2) is 57.0 Å². The Hall–Kier alpha value is -2.05. The van der Waals surface area contributed by atoms with Gasteiger partial charge in [0, 0.05) is 75.7 Å². The fourth-order valence-corrected chi connectivity index (χ4v) is 2.88. The molecule has 1 saturated heterocycles. The Bertz CT molecular complexity index is 605. The third-order valence-corrected chi connectivity index (χ3v) is 4.12. The molecule has 1 aliphatic heterocycles. The van der Waals surface area contributed by atoms with E-state index in [1.54, 1.807) is 0 Å². The number of aromatic nitrogens is 3. The standard InChI is InChI=1S/C18H26N6/c1-15(2)22-18-20-11-17(12-21-18)14-24-8-6-23(7-9-24)13-16-4-3-5-19-10-16/h3-5,10-12,15H,6-9,13-14H2,1-2H3,(H,20,21,22). The molecular weight excluding hydrogens is 300 g/mol. The predicted molar refractivity (Wildman–Crippen MR) is 95.6 cm³/mol. The van der Waals surface area contributed by atoms with E-state index < -0.39 is 0 Å². The van der Waals surface area contributed by atoms with Crippen molar-refractivity contribution in [2.24, 2.45) is 0 Å². The van der Waals surface area contributed by atoms with Crippen LogP contribution in [-0.2, 0) is 13.1 Å². The quantitative estimate of drug-likeness (QED) is 0.876. The molecule has 0 aromatic carbocycles. The van der Waals surface area contributed by atoms with E-state index in [2.05, 4.69) is 50.0 Å². The minimum Gasteiger partial charge on any atom is -0.352 e. The van der Waals surface area contributed by atoms with Gasteiger partial charge in [-0.2, -0.15) is 0 Å². The lowest BCUT2D eigenvalue weighted by atomic mass is 10.2. The van der Waals surface area contributed by atoms with E-state index in [1.165, 1.54) is 11.1 Å². The summed E-state index contributed by atoms with van der Waals surface area (Å²) < 4.78 is 0. The van der Waals surface area contributed by atoms with E-state index in [-0.39, 0.29) is 0 Å². The molecule has 6 nitrogen and oxygen atoms in total. The van der Waals surface area contributed by atoms with Gasteiger partial charge in [0.2, 0.25) is 5.95 Å². The Labute approximate surface area is 143 Å². The van der Waals surface area contributed by atoms with Crippen LogP contribution in [0.25, 0.3) is 0 Å². The molecule has 128 valence electrons. The summed E-state index contributed by atoms with van der Waals surface area (Å²) in [5.74, 6) is 0.704. The maximum Gasteiger partial charge on any atom is 0.222 e. The first-order valence-corrected chi connectivity index (χ1v) is 8.60. The molecule has 0 radical (unpaired) electrons. The van der Waals surface area contributed by atoms with Crippen LogP contribution in [0, 0.1) is 0 Å². The molecule has 1 aliphatic rings. The normalized spacial score (nSPS) is 16.5. The summed E-state index contributed by atoms with van der Waals surface area (Å²) in [6.07, 6.45) is 7.64. The average Bonchev–Trinajstić information content (AvgIpc) is 2.59. The van der Waals surface area contributed by atoms with Crippen molar-refractivity contribution in [3.8, 4) is 0 Å². The van der Waals surface area contributed by atoms with Crippen LogP contribution in [0.2, 0.25) is 0 Å². The second kappa shape index (κ2) is 8.17. The lowest BCUT2D eigenvalue weighted by Gasteiger charge is -2.34. The molecule has 0 saturated carbocycles. The van der Waals surface area contributed by atoms with Gasteiger partial charge in [-0.1, -0.05) is 6.07 Å². The molecule has 1 N–H and O–H groups in total. The minimum atomic E-state index is 0.351. The second-order valence-corrected chi connectivity index (χ2v) is 6.63. The number of nitrogens with one attached hydrogen (secondary N) is 1. The number of pyridine rings is 1. The van der Waals surface area contributed by atoms with Gasteiger partial charge in [-0.25, -0.2) is 9.97 Å². The van der Waals surface area contributed by atoms with Gasteiger partial charge < -0.3 is 5.32 Å². The van der Waals surface area contributed by atoms with Crippen LogP contribution < -0.4 is 5.32 Å². The van der Waals surface area contributed by atoms with Crippen LogP contribution >= 0.6 is 0 Å². The molecule has 3 rings (SSSR count). The van der Waals surface area contributed by atoms with E-state index in [4.69, 9.17) is 0 Å². The zero-order chi connectivity index (χ0) is 16.8. The van der Waals surface area contributed by atoms with Crippen molar-refractivity contribution in [3.63, 3.8) is 0 Å². The summed E-state index contributed by atoms with van der Waals surface area (Å²) in [5.41, 5.74) is 2.46. The van der Waals surface area contributed by atoms with Crippen LogP contribution in [0.15, 0.2) is 36.9 Å². The predicted octanol–water partition coefficient (Wildman–Crippen LogP) is 2.01. The van der Waals surface area contributed by atoms with E-state index in [9.17, 15) is 0 Å². The Balaban J connectivity index is 1.45. The lowest BCUT2D eigenvalue weighted by Crippen LogP contribution is -2.45. The average molecular weight is 326 g/mol. The molecule has 0 aliphatic carbocycles. The highest BCUT2D eigenvalue weighted by Gasteiger charge is 2.17. The molecule has 3 heterocycles. The molecule has 2 aromatic heterocycles. The first kappa shape index (κ1) is 16.8. The summed E-state index contributed by atoms with van der Waals surface area (Å²) in [6, 6.07) is 4.50. The highest BCUT2D eigenvalue weighted by atomic mass is 15.3. The van der Waals surface area contributed by atoms with Crippen LogP contribution in [0.1, 0.15) is 25.0 Å². The first-order valence-electron chi connectivity index (χ1n) is 8.60. The summed E-state index contributed by atoms with van der Waals surface area (Å²) in [5, 5.41) is 3.22. The molecule has 2 aromatic rings. The number of piperazine rings is 1. The van der Waals surface area contributed by atoms with Crippen molar-refractivity contribution in [1.29, 1.82) is 0 Å². The number of hydrogen-bond donors (Lipinski definition) is 1. The molecule has 0 spiro atoms. The zero-order valence-electron chi connectivity index (χ0n) is 14.5. The van der Waals surface area contributed by atoms with Gasteiger partial charge in [0.15, 0.2) is 0 Å². The van der Waals surface area contributed by atoms with E-state index in [0.29, 0.717) is 12.0 Å².